The van der Waals surface area contributed by atoms with Crippen LogP contribution in [0.3, 0.4) is 0 Å². The highest BCUT2D eigenvalue weighted by Crippen LogP contribution is 2.19. The molecule has 7 heteroatoms. The summed E-state index contributed by atoms with van der Waals surface area (Å²) in [5.74, 6) is -0.0742. The summed E-state index contributed by atoms with van der Waals surface area (Å²) < 4.78 is 5.11. The summed E-state index contributed by atoms with van der Waals surface area (Å²) in [7, 11) is 1.69. The van der Waals surface area contributed by atoms with E-state index < -0.39 is 11.5 Å². The first-order chi connectivity index (χ1) is 8.93. The van der Waals surface area contributed by atoms with Gasteiger partial charge in [0.25, 0.3) is 0 Å². The number of nitrogens with zero attached hydrogens (tertiary/aromatic N) is 1. The Kier molecular flexibility index (Phi) is 5.93. The summed E-state index contributed by atoms with van der Waals surface area (Å²) in [6, 6.07) is -0.290. The zero-order valence-corrected chi connectivity index (χ0v) is 12.5. The highest BCUT2D eigenvalue weighted by Gasteiger charge is 2.44. The Hall–Kier alpha value is -0.950. The third kappa shape index (κ3) is 4.01. The van der Waals surface area contributed by atoms with Crippen LogP contribution in [-0.2, 0) is 9.53 Å². The molecule has 1 rings (SSSR count). The highest BCUT2D eigenvalue weighted by atomic mass is 32.2. The molecule has 0 aromatic heterocycles. The predicted molar refractivity (Wildman–Crippen MR) is 74.6 cm³/mol. The number of amides is 2. The van der Waals surface area contributed by atoms with Crippen LogP contribution in [0.5, 0.6) is 0 Å². The fourth-order valence-electron chi connectivity index (χ4n) is 1.86. The maximum Gasteiger partial charge on any atom is 0.332 e. The molecule has 1 aliphatic heterocycles. The Labute approximate surface area is 117 Å². The SMILES string of the molecule is CSCCC(C)N(C)C(=O)NC1(C(=O)O)CCOC1. The summed E-state index contributed by atoms with van der Waals surface area (Å²) in [4.78, 5) is 25.0. The van der Waals surface area contributed by atoms with Gasteiger partial charge in [0.1, 0.15) is 0 Å². The third-order valence-electron chi connectivity index (χ3n) is 3.50. The van der Waals surface area contributed by atoms with Crippen LogP contribution in [0.4, 0.5) is 4.79 Å². The minimum Gasteiger partial charge on any atom is -0.479 e. The van der Waals surface area contributed by atoms with Gasteiger partial charge in [-0.2, -0.15) is 11.8 Å². The number of rotatable bonds is 6. The van der Waals surface area contributed by atoms with Crippen LogP contribution in [0.1, 0.15) is 19.8 Å². The van der Waals surface area contributed by atoms with E-state index in [0.29, 0.717) is 13.0 Å². The molecule has 0 spiro atoms. The number of carboxylic acids is 1. The van der Waals surface area contributed by atoms with Crippen molar-refractivity contribution in [3.63, 3.8) is 0 Å². The molecule has 0 aliphatic carbocycles. The molecular formula is C12H22N2O4S. The van der Waals surface area contributed by atoms with Gasteiger partial charge in [-0.25, -0.2) is 9.59 Å². The van der Waals surface area contributed by atoms with Crippen molar-refractivity contribution in [2.45, 2.75) is 31.3 Å². The van der Waals surface area contributed by atoms with Crippen molar-refractivity contribution in [1.82, 2.24) is 10.2 Å². The second kappa shape index (κ2) is 7.00. The summed E-state index contributed by atoms with van der Waals surface area (Å²) in [6.07, 6.45) is 3.20. The van der Waals surface area contributed by atoms with Crippen LogP contribution >= 0.6 is 11.8 Å². The first-order valence-corrected chi connectivity index (χ1v) is 7.67. The molecule has 0 aromatic carbocycles. The number of thioether (sulfide) groups is 1. The molecule has 0 bridgehead atoms. The molecule has 2 atom stereocenters. The van der Waals surface area contributed by atoms with Gasteiger partial charge in [0.15, 0.2) is 5.54 Å². The summed E-state index contributed by atoms with van der Waals surface area (Å²) in [6.45, 7) is 2.34. The Balaban J connectivity index is 2.59. The molecule has 0 radical (unpaired) electrons. The maximum absolute atomic E-state index is 12.1. The van der Waals surface area contributed by atoms with E-state index in [1.54, 1.807) is 23.7 Å². The molecule has 2 amide bonds. The van der Waals surface area contributed by atoms with Crippen LogP contribution in [0.25, 0.3) is 0 Å². The Morgan fingerprint density at radius 1 is 1.58 bits per heavy atom. The normalized spacial score (nSPS) is 23.9. The number of hydrogen-bond acceptors (Lipinski definition) is 4. The standard InChI is InChI=1S/C12H22N2O4S/c1-9(4-7-19-3)14(2)11(17)13-12(10(15)16)5-6-18-8-12/h9H,4-8H2,1-3H3,(H,13,17)(H,15,16). The van der Waals surface area contributed by atoms with Gasteiger partial charge in [-0.3, -0.25) is 0 Å². The molecule has 6 nitrogen and oxygen atoms in total. The van der Waals surface area contributed by atoms with Crippen LogP contribution in [0, 0.1) is 0 Å². The molecule has 1 aliphatic rings. The van der Waals surface area contributed by atoms with Gasteiger partial charge < -0.3 is 20.1 Å². The van der Waals surface area contributed by atoms with Gasteiger partial charge in [-0.05, 0) is 25.4 Å². The topological polar surface area (TPSA) is 78.9 Å². The first-order valence-electron chi connectivity index (χ1n) is 6.28. The summed E-state index contributed by atoms with van der Waals surface area (Å²) in [5.41, 5.74) is -1.27. The van der Waals surface area contributed by atoms with Crippen molar-refractivity contribution < 1.29 is 19.4 Å². The van der Waals surface area contributed by atoms with E-state index in [1.807, 2.05) is 13.2 Å². The summed E-state index contributed by atoms with van der Waals surface area (Å²) >= 11 is 1.72. The molecule has 19 heavy (non-hydrogen) atoms. The lowest BCUT2D eigenvalue weighted by molar-refractivity contribution is -0.144. The van der Waals surface area contributed by atoms with E-state index >= 15 is 0 Å². The molecule has 2 N–H and O–H groups in total. The van der Waals surface area contributed by atoms with E-state index in [9.17, 15) is 14.7 Å². The van der Waals surface area contributed by atoms with Gasteiger partial charge in [-0.15, -0.1) is 0 Å². The fourth-order valence-corrected chi connectivity index (χ4v) is 2.44. The number of carbonyl (C=O) groups excluding carboxylic acids is 1. The molecule has 1 heterocycles. The van der Waals surface area contributed by atoms with Gasteiger partial charge in [0.2, 0.25) is 0 Å². The number of carboxylic acid groups (broad SMARTS) is 1. The second-order valence-electron chi connectivity index (χ2n) is 4.86. The molecular weight excluding hydrogens is 268 g/mol. The van der Waals surface area contributed by atoms with E-state index in [1.165, 1.54) is 0 Å². The van der Waals surface area contributed by atoms with E-state index in [0.717, 1.165) is 12.2 Å². The number of hydrogen-bond donors (Lipinski definition) is 2. The molecule has 0 saturated carbocycles. The highest BCUT2D eigenvalue weighted by molar-refractivity contribution is 7.98. The first kappa shape index (κ1) is 16.1. The van der Waals surface area contributed by atoms with Crippen molar-refractivity contribution in [2.75, 3.05) is 32.3 Å². The average molecular weight is 290 g/mol. The molecule has 2 unspecified atom stereocenters. The molecule has 0 aromatic rings. The Morgan fingerprint density at radius 3 is 2.74 bits per heavy atom. The maximum atomic E-state index is 12.1. The van der Waals surface area contributed by atoms with Gasteiger partial charge in [0, 0.05) is 26.1 Å². The monoisotopic (exact) mass is 290 g/mol. The van der Waals surface area contributed by atoms with Crippen LogP contribution in [0.15, 0.2) is 0 Å². The number of carbonyl (C=O) groups is 2. The van der Waals surface area contributed by atoms with Crippen LogP contribution in [-0.4, -0.2) is 65.9 Å². The number of urea groups is 1. The summed E-state index contributed by atoms with van der Waals surface area (Å²) in [5, 5.41) is 11.9. The zero-order valence-electron chi connectivity index (χ0n) is 11.6. The van der Waals surface area contributed by atoms with Crippen molar-refractivity contribution >= 4 is 23.8 Å². The van der Waals surface area contributed by atoms with E-state index in [2.05, 4.69) is 5.32 Å². The number of aliphatic carboxylic acids is 1. The van der Waals surface area contributed by atoms with Gasteiger partial charge in [0.05, 0.1) is 6.61 Å². The molecule has 110 valence electrons. The van der Waals surface area contributed by atoms with Crippen molar-refractivity contribution in [1.29, 1.82) is 0 Å². The van der Waals surface area contributed by atoms with Crippen LogP contribution in [0.2, 0.25) is 0 Å². The van der Waals surface area contributed by atoms with Gasteiger partial charge >= 0.3 is 12.0 Å². The lowest BCUT2D eigenvalue weighted by Crippen LogP contribution is -2.59. The lowest BCUT2D eigenvalue weighted by atomic mass is 9.99. The Morgan fingerprint density at radius 2 is 2.26 bits per heavy atom. The number of nitrogens with one attached hydrogen (secondary N) is 1. The quantitative estimate of drug-likeness (QED) is 0.763. The lowest BCUT2D eigenvalue weighted by Gasteiger charge is -2.30. The number of ether oxygens (including phenoxy) is 1. The van der Waals surface area contributed by atoms with E-state index in [4.69, 9.17) is 4.74 Å². The molecule has 1 fully saturated rings. The average Bonchev–Trinajstić information content (AvgIpc) is 2.84. The third-order valence-corrected chi connectivity index (χ3v) is 4.14. The zero-order chi connectivity index (χ0) is 14.5. The Bertz CT molecular complexity index is 332. The van der Waals surface area contributed by atoms with Gasteiger partial charge in [-0.1, -0.05) is 0 Å². The van der Waals surface area contributed by atoms with Crippen LogP contribution < -0.4 is 5.32 Å². The smallest absolute Gasteiger partial charge is 0.332 e. The van der Waals surface area contributed by atoms with Crippen molar-refractivity contribution in [3.8, 4) is 0 Å². The minimum absolute atomic E-state index is 0.0289. The predicted octanol–water partition coefficient (Wildman–Crippen LogP) is 1.01. The molecule has 1 saturated heterocycles. The fraction of sp³-hybridized carbons (Fsp3) is 0.833. The van der Waals surface area contributed by atoms with Crippen molar-refractivity contribution in [2.24, 2.45) is 0 Å². The minimum atomic E-state index is -1.27. The second-order valence-corrected chi connectivity index (χ2v) is 5.85. The van der Waals surface area contributed by atoms with Crippen molar-refractivity contribution in [3.05, 3.63) is 0 Å². The van der Waals surface area contributed by atoms with E-state index in [-0.39, 0.29) is 18.7 Å². The largest absolute Gasteiger partial charge is 0.479 e.